The van der Waals surface area contributed by atoms with Crippen LogP contribution < -0.4 is 0 Å². The van der Waals surface area contributed by atoms with Gasteiger partial charge in [0.1, 0.15) is 5.75 Å². The van der Waals surface area contributed by atoms with Gasteiger partial charge in [-0.25, -0.2) is 5.06 Å². The van der Waals surface area contributed by atoms with Gasteiger partial charge >= 0.3 is 0 Å². The number of aromatic hydroxyl groups is 1. The normalized spacial score (nSPS) is 10.3. The second-order valence-electron chi connectivity index (χ2n) is 4.76. The molecule has 0 aliphatic rings. The number of aryl methyl sites for hydroxylation is 1. The quantitative estimate of drug-likeness (QED) is 0.830. The summed E-state index contributed by atoms with van der Waals surface area (Å²) >= 11 is 0. The summed E-state index contributed by atoms with van der Waals surface area (Å²) in [6.07, 6.45) is 1.09. The van der Waals surface area contributed by atoms with Crippen molar-refractivity contribution >= 4 is 5.91 Å². The second kappa shape index (κ2) is 7.45. The van der Waals surface area contributed by atoms with Gasteiger partial charge in [0.05, 0.1) is 13.7 Å². The summed E-state index contributed by atoms with van der Waals surface area (Å²) in [4.78, 5) is 17.3. The van der Waals surface area contributed by atoms with Crippen molar-refractivity contribution in [2.75, 3.05) is 7.11 Å². The zero-order valence-electron chi connectivity index (χ0n) is 12.0. The molecule has 0 aliphatic heterocycles. The van der Waals surface area contributed by atoms with Crippen LogP contribution in [0.4, 0.5) is 0 Å². The largest absolute Gasteiger partial charge is 0.508 e. The fourth-order valence-electron chi connectivity index (χ4n) is 2.04. The van der Waals surface area contributed by atoms with E-state index < -0.39 is 0 Å². The van der Waals surface area contributed by atoms with Crippen LogP contribution >= 0.6 is 0 Å². The van der Waals surface area contributed by atoms with Crippen molar-refractivity contribution < 1.29 is 14.7 Å². The van der Waals surface area contributed by atoms with Gasteiger partial charge in [-0.1, -0.05) is 42.5 Å². The number of phenols is 1. The zero-order valence-corrected chi connectivity index (χ0v) is 12.0. The Morgan fingerprint density at radius 1 is 1.05 bits per heavy atom. The number of amides is 1. The van der Waals surface area contributed by atoms with Gasteiger partial charge in [0.25, 0.3) is 0 Å². The first-order chi connectivity index (χ1) is 10.2. The number of benzene rings is 2. The van der Waals surface area contributed by atoms with E-state index in [4.69, 9.17) is 4.84 Å². The Bertz CT molecular complexity index is 566. The molecule has 2 aromatic rings. The molecule has 2 rings (SSSR count). The molecular formula is C17H19NO3. The number of hydrogen-bond acceptors (Lipinski definition) is 3. The van der Waals surface area contributed by atoms with Gasteiger partial charge in [0.15, 0.2) is 0 Å². The summed E-state index contributed by atoms with van der Waals surface area (Å²) in [5.41, 5.74) is 2.04. The number of hydroxylamine groups is 2. The molecule has 0 aliphatic carbocycles. The predicted molar refractivity (Wildman–Crippen MR) is 80.4 cm³/mol. The minimum atomic E-state index is -0.0607. The van der Waals surface area contributed by atoms with Gasteiger partial charge in [-0.05, 0) is 29.7 Å². The summed E-state index contributed by atoms with van der Waals surface area (Å²) in [5, 5.41) is 10.6. The van der Waals surface area contributed by atoms with Gasteiger partial charge in [0.2, 0.25) is 5.91 Å². The van der Waals surface area contributed by atoms with Crippen molar-refractivity contribution in [3.63, 3.8) is 0 Å². The Morgan fingerprint density at radius 2 is 1.71 bits per heavy atom. The Morgan fingerprint density at radius 3 is 2.33 bits per heavy atom. The maximum absolute atomic E-state index is 12.2. The standard InChI is InChI=1S/C17H19NO3/c1-21-18(13-15-7-10-16(19)11-8-15)17(20)12-9-14-5-3-2-4-6-14/h2-8,10-11,19H,9,12-13H2,1H3. The molecule has 2 aromatic carbocycles. The van der Waals surface area contributed by atoms with Gasteiger partial charge in [0, 0.05) is 6.42 Å². The molecule has 1 amide bonds. The van der Waals surface area contributed by atoms with E-state index in [2.05, 4.69) is 0 Å². The van der Waals surface area contributed by atoms with E-state index >= 15 is 0 Å². The van der Waals surface area contributed by atoms with Crippen molar-refractivity contribution in [2.45, 2.75) is 19.4 Å². The van der Waals surface area contributed by atoms with Crippen LogP contribution in [0, 0.1) is 0 Å². The lowest BCUT2D eigenvalue weighted by molar-refractivity contribution is -0.179. The van der Waals surface area contributed by atoms with Crippen LogP contribution in [0.1, 0.15) is 17.5 Å². The Balaban J connectivity index is 1.90. The monoisotopic (exact) mass is 285 g/mol. The third-order valence-electron chi connectivity index (χ3n) is 3.23. The van der Waals surface area contributed by atoms with E-state index in [1.807, 2.05) is 30.3 Å². The fourth-order valence-corrected chi connectivity index (χ4v) is 2.04. The first-order valence-corrected chi connectivity index (χ1v) is 6.85. The highest BCUT2D eigenvalue weighted by Gasteiger charge is 2.13. The zero-order chi connectivity index (χ0) is 15.1. The first kappa shape index (κ1) is 15.1. The van der Waals surface area contributed by atoms with Gasteiger partial charge < -0.3 is 5.11 Å². The molecule has 4 heteroatoms. The third-order valence-corrected chi connectivity index (χ3v) is 3.23. The molecule has 0 saturated heterocycles. The van der Waals surface area contributed by atoms with Crippen molar-refractivity contribution in [1.29, 1.82) is 0 Å². The predicted octanol–water partition coefficient (Wildman–Crippen LogP) is 2.92. The van der Waals surface area contributed by atoms with Crippen LogP contribution in [0.5, 0.6) is 5.75 Å². The number of carbonyl (C=O) groups excluding carboxylic acids is 1. The van der Waals surface area contributed by atoms with E-state index in [9.17, 15) is 9.90 Å². The summed E-state index contributed by atoms with van der Waals surface area (Å²) in [5.74, 6) is 0.146. The maximum Gasteiger partial charge on any atom is 0.246 e. The molecule has 1 N–H and O–H groups in total. The third kappa shape index (κ3) is 4.61. The molecule has 0 spiro atoms. The van der Waals surface area contributed by atoms with Gasteiger partial charge in [-0.2, -0.15) is 0 Å². The number of nitrogens with zero attached hydrogens (tertiary/aromatic N) is 1. The molecule has 0 aromatic heterocycles. The molecule has 0 radical (unpaired) electrons. The lowest BCUT2D eigenvalue weighted by Gasteiger charge is -2.19. The Hall–Kier alpha value is -2.33. The van der Waals surface area contributed by atoms with E-state index in [1.165, 1.54) is 12.2 Å². The van der Waals surface area contributed by atoms with E-state index in [1.54, 1.807) is 24.3 Å². The molecule has 110 valence electrons. The van der Waals surface area contributed by atoms with E-state index in [-0.39, 0.29) is 11.7 Å². The van der Waals surface area contributed by atoms with E-state index in [0.717, 1.165) is 11.1 Å². The van der Waals surface area contributed by atoms with Crippen molar-refractivity contribution in [3.05, 3.63) is 65.7 Å². The Kier molecular flexibility index (Phi) is 5.35. The van der Waals surface area contributed by atoms with Crippen LogP contribution in [0.3, 0.4) is 0 Å². The van der Waals surface area contributed by atoms with Crippen LogP contribution in [0.15, 0.2) is 54.6 Å². The average molecular weight is 285 g/mol. The number of phenolic OH excluding ortho intramolecular Hbond substituents is 1. The molecule has 0 atom stereocenters. The molecule has 4 nitrogen and oxygen atoms in total. The highest BCUT2D eigenvalue weighted by molar-refractivity contribution is 5.75. The number of rotatable bonds is 6. The van der Waals surface area contributed by atoms with Crippen molar-refractivity contribution in [2.24, 2.45) is 0 Å². The molecule has 21 heavy (non-hydrogen) atoms. The molecule has 0 fully saturated rings. The Labute approximate surface area is 124 Å². The minimum Gasteiger partial charge on any atom is -0.508 e. The number of hydrogen-bond donors (Lipinski definition) is 1. The van der Waals surface area contributed by atoms with Crippen LogP contribution in [-0.4, -0.2) is 23.2 Å². The highest BCUT2D eigenvalue weighted by Crippen LogP contribution is 2.13. The van der Waals surface area contributed by atoms with E-state index in [0.29, 0.717) is 19.4 Å². The first-order valence-electron chi connectivity index (χ1n) is 6.85. The van der Waals surface area contributed by atoms with Gasteiger partial charge in [-0.15, -0.1) is 0 Å². The smallest absolute Gasteiger partial charge is 0.246 e. The SMILES string of the molecule is CON(Cc1ccc(O)cc1)C(=O)CCc1ccccc1. The summed E-state index contributed by atoms with van der Waals surface area (Å²) < 4.78 is 0. The lowest BCUT2D eigenvalue weighted by atomic mass is 10.1. The second-order valence-corrected chi connectivity index (χ2v) is 4.76. The summed E-state index contributed by atoms with van der Waals surface area (Å²) in [6, 6.07) is 16.6. The van der Waals surface area contributed by atoms with Crippen LogP contribution in [-0.2, 0) is 22.6 Å². The summed E-state index contributed by atoms with van der Waals surface area (Å²) in [7, 11) is 1.49. The van der Waals surface area contributed by atoms with Gasteiger partial charge in [-0.3, -0.25) is 9.63 Å². The van der Waals surface area contributed by atoms with Crippen molar-refractivity contribution in [1.82, 2.24) is 5.06 Å². The molecular weight excluding hydrogens is 266 g/mol. The highest BCUT2D eigenvalue weighted by atomic mass is 16.7. The fraction of sp³-hybridized carbons (Fsp3) is 0.235. The maximum atomic E-state index is 12.2. The lowest BCUT2D eigenvalue weighted by Crippen LogP contribution is -2.29. The summed E-state index contributed by atoms with van der Waals surface area (Å²) in [6.45, 7) is 0.365. The molecule has 0 bridgehead atoms. The molecule has 0 unspecified atom stereocenters. The number of carbonyl (C=O) groups is 1. The minimum absolute atomic E-state index is 0.0607. The van der Waals surface area contributed by atoms with Crippen molar-refractivity contribution in [3.8, 4) is 5.75 Å². The van der Waals surface area contributed by atoms with Crippen LogP contribution in [0.25, 0.3) is 0 Å². The molecule has 0 saturated carbocycles. The molecule has 0 heterocycles. The average Bonchev–Trinajstić information content (AvgIpc) is 2.53. The van der Waals surface area contributed by atoms with Crippen LogP contribution in [0.2, 0.25) is 0 Å². The topological polar surface area (TPSA) is 49.8 Å².